The van der Waals surface area contributed by atoms with E-state index >= 15 is 0 Å². The summed E-state index contributed by atoms with van der Waals surface area (Å²) in [4.78, 5) is 15.1. The summed E-state index contributed by atoms with van der Waals surface area (Å²) in [5, 5.41) is 8.61. The number of nitrogens with zero attached hydrogens (tertiary/aromatic N) is 4. The molecular weight excluding hydrogens is 324 g/mol. The topological polar surface area (TPSA) is 51.0 Å². The van der Waals surface area contributed by atoms with Crippen molar-refractivity contribution in [3.63, 3.8) is 0 Å². The second-order valence-corrected chi connectivity index (χ2v) is 6.92. The van der Waals surface area contributed by atoms with E-state index in [-0.39, 0.29) is 5.91 Å². The van der Waals surface area contributed by atoms with Crippen LogP contribution in [0.25, 0.3) is 11.1 Å². The molecule has 4 rings (SSSR count). The first-order chi connectivity index (χ1) is 12.6. The van der Waals surface area contributed by atoms with E-state index in [2.05, 4.69) is 28.6 Å². The Bertz CT molecular complexity index is 930. The summed E-state index contributed by atoms with van der Waals surface area (Å²) in [6, 6.07) is 17.8. The lowest BCUT2D eigenvalue weighted by Gasteiger charge is -2.29. The Morgan fingerprint density at radius 2 is 1.69 bits per heavy atom. The Balaban J connectivity index is 1.63. The fourth-order valence-electron chi connectivity index (χ4n) is 3.49. The molecule has 3 aromatic rings. The number of aromatic nitrogens is 3. The van der Waals surface area contributed by atoms with Gasteiger partial charge < -0.3 is 9.47 Å². The van der Waals surface area contributed by atoms with E-state index in [1.165, 1.54) is 0 Å². The van der Waals surface area contributed by atoms with E-state index in [4.69, 9.17) is 0 Å². The van der Waals surface area contributed by atoms with Gasteiger partial charge in [0.15, 0.2) is 5.82 Å². The van der Waals surface area contributed by atoms with E-state index in [0.29, 0.717) is 19.0 Å². The van der Waals surface area contributed by atoms with Gasteiger partial charge in [-0.05, 0) is 17.2 Å². The van der Waals surface area contributed by atoms with Gasteiger partial charge in [0.25, 0.3) is 5.91 Å². The van der Waals surface area contributed by atoms with E-state index in [9.17, 15) is 4.79 Å². The molecule has 0 saturated heterocycles. The zero-order valence-corrected chi connectivity index (χ0v) is 15.1. The molecular formula is C21H22N4O. The molecule has 1 amide bonds. The number of fused-ring (bicyclic) bond motifs is 1. The molecule has 26 heavy (non-hydrogen) atoms. The molecule has 0 N–H and O–H groups in total. The third-order valence-corrected chi connectivity index (χ3v) is 4.83. The third kappa shape index (κ3) is 2.90. The molecule has 0 bridgehead atoms. The van der Waals surface area contributed by atoms with E-state index < -0.39 is 0 Å². The third-order valence-electron chi connectivity index (χ3n) is 4.83. The Hall–Kier alpha value is -2.95. The minimum Gasteiger partial charge on any atom is -0.329 e. The zero-order chi connectivity index (χ0) is 18.1. The van der Waals surface area contributed by atoms with Crippen LogP contribution in [-0.4, -0.2) is 32.1 Å². The summed E-state index contributed by atoms with van der Waals surface area (Å²) < 4.78 is 2.15. The highest BCUT2D eigenvalue weighted by Crippen LogP contribution is 2.26. The lowest BCUT2D eigenvalue weighted by Crippen LogP contribution is -2.39. The van der Waals surface area contributed by atoms with Gasteiger partial charge in [-0.25, -0.2) is 0 Å². The summed E-state index contributed by atoms with van der Waals surface area (Å²) in [5.74, 6) is 2.24. The van der Waals surface area contributed by atoms with Crippen molar-refractivity contribution < 1.29 is 4.79 Å². The van der Waals surface area contributed by atoms with Crippen LogP contribution in [0.5, 0.6) is 0 Å². The first-order valence-corrected chi connectivity index (χ1v) is 9.01. The van der Waals surface area contributed by atoms with Gasteiger partial charge in [-0.2, -0.15) is 0 Å². The molecule has 1 aromatic heterocycles. The van der Waals surface area contributed by atoms with Crippen molar-refractivity contribution >= 4 is 5.91 Å². The van der Waals surface area contributed by atoms with Crippen molar-refractivity contribution in [1.29, 1.82) is 0 Å². The van der Waals surface area contributed by atoms with E-state index in [1.807, 2.05) is 59.5 Å². The van der Waals surface area contributed by atoms with Crippen molar-refractivity contribution in [3.05, 3.63) is 71.8 Å². The van der Waals surface area contributed by atoms with Crippen molar-refractivity contribution in [2.75, 3.05) is 6.54 Å². The fraction of sp³-hybridized carbons (Fsp3) is 0.286. The normalized spacial score (nSPS) is 13.7. The molecule has 1 aliphatic heterocycles. The first-order valence-electron chi connectivity index (χ1n) is 9.01. The molecule has 0 saturated carbocycles. The van der Waals surface area contributed by atoms with Crippen molar-refractivity contribution in [1.82, 2.24) is 19.7 Å². The van der Waals surface area contributed by atoms with E-state index in [0.717, 1.165) is 34.9 Å². The molecule has 132 valence electrons. The lowest BCUT2D eigenvalue weighted by atomic mass is 9.98. The van der Waals surface area contributed by atoms with Crippen LogP contribution in [0.4, 0.5) is 0 Å². The number of hydrogen-bond donors (Lipinski definition) is 0. The lowest BCUT2D eigenvalue weighted by molar-refractivity contribution is 0.0707. The molecule has 1 aliphatic rings. The van der Waals surface area contributed by atoms with Gasteiger partial charge in [0, 0.05) is 24.6 Å². The first kappa shape index (κ1) is 16.5. The summed E-state index contributed by atoms with van der Waals surface area (Å²) in [5.41, 5.74) is 2.75. The Labute approximate surface area is 153 Å². The Morgan fingerprint density at radius 1 is 0.962 bits per heavy atom. The largest absolute Gasteiger partial charge is 0.329 e. The quantitative estimate of drug-likeness (QED) is 0.726. The highest BCUT2D eigenvalue weighted by Gasteiger charge is 2.27. The van der Waals surface area contributed by atoms with Crippen LogP contribution in [0.3, 0.4) is 0 Å². The van der Waals surface area contributed by atoms with Crippen molar-refractivity contribution in [3.8, 4) is 11.1 Å². The number of rotatable bonds is 3. The number of carbonyl (C=O) groups is 1. The second-order valence-electron chi connectivity index (χ2n) is 6.92. The molecule has 5 heteroatoms. The van der Waals surface area contributed by atoms with E-state index in [1.54, 1.807) is 0 Å². The highest BCUT2D eigenvalue weighted by molar-refractivity contribution is 6.00. The summed E-state index contributed by atoms with van der Waals surface area (Å²) in [6.45, 7) is 6.15. The minimum absolute atomic E-state index is 0.0461. The Morgan fingerprint density at radius 3 is 2.46 bits per heavy atom. The molecule has 0 fully saturated rings. The van der Waals surface area contributed by atoms with Crippen LogP contribution in [0, 0.1) is 0 Å². The minimum atomic E-state index is 0.0461. The van der Waals surface area contributed by atoms with Crippen LogP contribution in [-0.2, 0) is 13.1 Å². The van der Waals surface area contributed by atoms with Crippen LogP contribution in [0.1, 0.15) is 41.8 Å². The highest BCUT2D eigenvalue weighted by atomic mass is 16.2. The van der Waals surface area contributed by atoms with Gasteiger partial charge in [0.2, 0.25) is 0 Å². The van der Waals surface area contributed by atoms with Gasteiger partial charge in [0.1, 0.15) is 5.82 Å². The van der Waals surface area contributed by atoms with Gasteiger partial charge in [-0.3, -0.25) is 4.79 Å². The van der Waals surface area contributed by atoms with Gasteiger partial charge in [-0.1, -0.05) is 62.4 Å². The molecule has 0 radical (unpaired) electrons. The average molecular weight is 346 g/mol. The maximum absolute atomic E-state index is 13.2. The van der Waals surface area contributed by atoms with Gasteiger partial charge >= 0.3 is 0 Å². The maximum Gasteiger partial charge on any atom is 0.254 e. The fourth-order valence-corrected chi connectivity index (χ4v) is 3.49. The Kier molecular flexibility index (Phi) is 4.29. The molecule has 0 aliphatic carbocycles. The number of amides is 1. The predicted molar refractivity (Wildman–Crippen MR) is 101 cm³/mol. The van der Waals surface area contributed by atoms with Gasteiger partial charge in [0.05, 0.1) is 6.54 Å². The second kappa shape index (κ2) is 6.75. The molecule has 0 unspecified atom stereocenters. The summed E-state index contributed by atoms with van der Waals surface area (Å²) in [7, 11) is 0. The predicted octanol–water partition coefficient (Wildman–Crippen LogP) is 3.72. The zero-order valence-electron chi connectivity index (χ0n) is 15.1. The average Bonchev–Trinajstić information content (AvgIpc) is 3.11. The molecule has 0 atom stereocenters. The molecule has 0 spiro atoms. The molecule has 5 nitrogen and oxygen atoms in total. The number of carbonyl (C=O) groups excluding carboxylic acids is 1. The molecule has 2 aromatic carbocycles. The smallest absolute Gasteiger partial charge is 0.254 e. The standard InChI is InChI=1S/C21H22N4O/c1-15(2)20-23-22-19-14-24(12-13-25(19)20)21(26)18-11-7-6-10-17(18)16-8-4-3-5-9-16/h3-11,15H,12-14H2,1-2H3. The number of benzene rings is 2. The van der Waals surface area contributed by atoms with Crippen LogP contribution < -0.4 is 0 Å². The summed E-state index contributed by atoms with van der Waals surface area (Å²) >= 11 is 0. The summed E-state index contributed by atoms with van der Waals surface area (Å²) in [6.07, 6.45) is 0. The van der Waals surface area contributed by atoms with Crippen molar-refractivity contribution in [2.24, 2.45) is 0 Å². The van der Waals surface area contributed by atoms with Crippen LogP contribution >= 0.6 is 0 Å². The maximum atomic E-state index is 13.2. The number of hydrogen-bond acceptors (Lipinski definition) is 3. The molecule has 2 heterocycles. The van der Waals surface area contributed by atoms with Gasteiger partial charge in [-0.15, -0.1) is 10.2 Å². The SMILES string of the molecule is CC(C)c1nnc2n1CCN(C(=O)c1ccccc1-c1ccccc1)C2. The van der Waals surface area contributed by atoms with Crippen molar-refractivity contribution in [2.45, 2.75) is 32.9 Å². The van der Waals surface area contributed by atoms with Crippen LogP contribution in [0.15, 0.2) is 54.6 Å². The monoisotopic (exact) mass is 346 g/mol. The van der Waals surface area contributed by atoms with Crippen LogP contribution in [0.2, 0.25) is 0 Å².